The summed E-state index contributed by atoms with van der Waals surface area (Å²) in [6, 6.07) is 3.04. The Kier molecular flexibility index (Phi) is 4.53. The van der Waals surface area contributed by atoms with Crippen molar-refractivity contribution in [3.8, 4) is 0 Å². The maximum absolute atomic E-state index is 12.0. The summed E-state index contributed by atoms with van der Waals surface area (Å²) in [5.41, 5.74) is 1.13. The second kappa shape index (κ2) is 5.84. The Morgan fingerprint density at radius 2 is 2.25 bits per heavy atom. The van der Waals surface area contributed by atoms with E-state index < -0.39 is 24.3 Å². The first-order chi connectivity index (χ1) is 9.28. The molecule has 1 aliphatic heterocycles. The number of halogens is 4. The smallest absolute Gasteiger partial charge is 0.423 e. The average Bonchev–Trinajstić information content (AvgIpc) is 2.72. The number of hydrogen-bond donors (Lipinski definition) is 2. The van der Waals surface area contributed by atoms with Crippen molar-refractivity contribution in [3.05, 3.63) is 22.7 Å². The first-order valence-corrected chi connectivity index (χ1v) is 6.76. The van der Waals surface area contributed by atoms with Gasteiger partial charge in [-0.05, 0) is 11.6 Å². The maximum Gasteiger partial charge on any atom is 0.493 e. The van der Waals surface area contributed by atoms with Crippen LogP contribution in [-0.4, -0.2) is 29.3 Å². The highest BCUT2D eigenvalue weighted by Gasteiger charge is 2.32. The summed E-state index contributed by atoms with van der Waals surface area (Å²) in [5, 5.41) is 11.0. The van der Waals surface area contributed by atoms with Crippen LogP contribution in [-0.2, 0) is 11.3 Å². The van der Waals surface area contributed by atoms with Gasteiger partial charge in [0.15, 0.2) is 0 Å². The molecule has 2 N–H and O–H groups in total. The number of alkyl halides is 3. The monoisotopic (exact) mass is 325 g/mol. The van der Waals surface area contributed by atoms with Crippen LogP contribution >= 0.6 is 23.4 Å². The van der Waals surface area contributed by atoms with Crippen LogP contribution in [0.4, 0.5) is 23.7 Å². The van der Waals surface area contributed by atoms with Crippen molar-refractivity contribution in [1.82, 2.24) is 0 Å². The topological polar surface area (TPSA) is 58.6 Å². The third-order valence-electron chi connectivity index (χ3n) is 2.52. The predicted octanol–water partition coefficient (Wildman–Crippen LogP) is 2.39. The summed E-state index contributed by atoms with van der Waals surface area (Å²) in [7, 11) is -1.20. The van der Waals surface area contributed by atoms with E-state index in [0.29, 0.717) is 11.0 Å². The van der Waals surface area contributed by atoms with Gasteiger partial charge in [-0.15, -0.1) is 0 Å². The van der Waals surface area contributed by atoms with Gasteiger partial charge in [-0.25, -0.2) is 0 Å². The van der Waals surface area contributed by atoms with Crippen LogP contribution in [0.5, 0.6) is 0 Å². The van der Waals surface area contributed by atoms with Gasteiger partial charge in [-0.1, -0.05) is 29.4 Å². The van der Waals surface area contributed by atoms with Crippen LogP contribution in [0.25, 0.3) is 0 Å². The van der Waals surface area contributed by atoms with Crippen LogP contribution in [0, 0.1) is 0 Å². The number of fused-ring (bicyclic) bond motifs is 1. The fraction of sp³-hybridized carbons (Fsp3) is 0.300. The minimum absolute atomic E-state index is 0.0634. The Bertz CT molecular complexity index is 543. The largest absolute Gasteiger partial charge is 0.493 e. The lowest BCUT2D eigenvalue weighted by Crippen LogP contribution is -2.29. The molecule has 0 radical (unpaired) electrons. The van der Waals surface area contributed by atoms with Gasteiger partial charge in [0, 0.05) is 5.46 Å². The zero-order valence-corrected chi connectivity index (χ0v) is 11.4. The highest BCUT2D eigenvalue weighted by Crippen LogP contribution is 2.27. The molecule has 0 bridgehead atoms. The van der Waals surface area contributed by atoms with E-state index in [-0.39, 0.29) is 29.1 Å². The number of carbonyl (C=O) groups is 1. The molecule has 1 aromatic carbocycles. The summed E-state index contributed by atoms with van der Waals surface area (Å²) < 4.78 is 40.9. The molecule has 1 heterocycles. The van der Waals surface area contributed by atoms with E-state index in [2.05, 4.69) is 5.32 Å². The highest BCUT2D eigenvalue weighted by molar-refractivity contribution is 8.13. The number of thioether (sulfide) groups is 1. The third-order valence-corrected chi connectivity index (χ3v) is 3.76. The van der Waals surface area contributed by atoms with Crippen LogP contribution in [0.2, 0.25) is 5.02 Å². The van der Waals surface area contributed by atoms with Gasteiger partial charge in [0.05, 0.1) is 23.1 Å². The van der Waals surface area contributed by atoms with Crippen LogP contribution in [0.3, 0.4) is 0 Å². The first kappa shape index (κ1) is 15.5. The van der Waals surface area contributed by atoms with Crippen LogP contribution < -0.4 is 10.8 Å². The molecule has 108 valence electrons. The molecule has 0 aromatic heterocycles. The molecule has 2 rings (SSSR count). The Morgan fingerprint density at radius 3 is 2.90 bits per heavy atom. The van der Waals surface area contributed by atoms with Gasteiger partial charge >= 0.3 is 13.3 Å². The molecule has 1 aromatic rings. The maximum atomic E-state index is 12.0. The Hall–Kier alpha value is -0.895. The second-order valence-electron chi connectivity index (χ2n) is 3.98. The SMILES string of the molecule is O=C(Nc1ccc2c(c1Cl)B(O)OC2)SCC(F)(F)F. The molecule has 1 aliphatic rings. The van der Waals surface area contributed by atoms with E-state index in [9.17, 15) is 23.0 Å². The lowest BCUT2D eigenvalue weighted by molar-refractivity contribution is -0.105. The summed E-state index contributed by atoms with van der Waals surface area (Å²) in [5.74, 6) is -1.28. The molecule has 0 atom stereocenters. The second-order valence-corrected chi connectivity index (χ2v) is 5.31. The Balaban J connectivity index is 2.07. The minimum Gasteiger partial charge on any atom is -0.423 e. The minimum atomic E-state index is -4.42. The summed E-state index contributed by atoms with van der Waals surface area (Å²) in [4.78, 5) is 11.4. The molecule has 0 saturated carbocycles. The average molecular weight is 326 g/mol. The van der Waals surface area contributed by atoms with Crippen molar-refractivity contribution < 1.29 is 27.6 Å². The van der Waals surface area contributed by atoms with E-state index in [1.54, 1.807) is 6.07 Å². The number of rotatable bonds is 2. The van der Waals surface area contributed by atoms with Gasteiger partial charge in [0.25, 0.3) is 5.24 Å². The number of carbonyl (C=O) groups excluding carboxylic acids is 1. The van der Waals surface area contributed by atoms with Gasteiger partial charge in [0.2, 0.25) is 0 Å². The number of nitrogens with one attached hydrogen (secondary N) is 1. The summed E-state index contributed by atoms with van der Waals surface area (Å²) in [6.07, 6.45) is -4.42. The van der Waals surface area contributed by atoms with Crippen LogP contribution in [0.15, 0.2) is 12.1 Å². The van der Waals surface area contributed by atoms with E-state index in [1.807, 2.05) is 0 Å². The van der Waals surface area contributed by atoms with Crippen molar-refractivity contribution >= 4 is 46.9 Å². The van der Waals surface area contributed by atoms with Crippen molar-refractivity contribution in [2.75, 3.05) is 11.1 Å². The highest BCUT2D eigenvalue weighted by atomic mass is 35.5. The number of anilines is 1. The zero-order valence-electron chi connectivity index (χ0n) is 9.83. The van der Waals surface area contributed by atoms with Crippen molar-refractivity contribution in [1.29, 1.82) is 0 Å². The zero-order chi connectivity index (χ0) is 14.9. The molecule has 0 aliphatic carbocycles. The molecule has 1 amide bonds. The lowest BCUT2D eigenvalue weighted by Gasteiger charge is -2.11. The number of benzene rings is 1. The van der Waals surface area contributed by atoms with Crippen molar-refractivity contribution in [2.45, 2.75) is 12.8 Å². The number of amides is 1. The predicted molar refractivity (Wildman–Crippen MR) is 71.4 cm³/mol. The third kappa shape index (κ3) is 3.60. The molecular weight excluding hydrogens is 317 g/mol. The molecule has 0 saturated heterocycles. The van der Waals surface area contributed by atoms with Crippen LogP contribution in [0.1, 0.15) is 5.56 Å². The summed E-state index contributed by atoms with van der Waals surface area (Å²) in [6.45, 7) is 0.188. The molecule has 0 spiro atoms. The van der Waals surface area contributed by atoms with Crippen molar-refractivity contribution in [2.24, 2.45) is 0 Å². The van der Waals surface area contributed by atoms with Gasteiger partial charge < -0.3 is 15.0 Å². The normalized spacial score (nSPS) is 14.3. The standard InChI is InChI=1S/C10H8BClF3NO3S/c12-8-6(16-9(17)20-4-10(13,14)15)2-1-5-3-19-11(18)7(5)8/h1-2,18H,3-4H2,(H,16,17). The molecule has 0 unspecified atom stereocenters. The van der Waals surface area contributed by atoms with Gasteiger partial charge in [-0.3, -0.25) is 4.79 Å². The molecule has 10 heteroatoms. The summed E-state index contributed by atoms with van der Waals surface area (Å²) >= 11 is 6.09. The fourth-order valence-corrected chi connectivity index (χ4v) is 2.47. The van der Waals surface area contributed by atoms with E-state index in [1.165, 1.54) is 6.07 Å². The number of hydrogen-bond acceptors (Lipinski definition) is 4. The molecular formula is C10H8BClF3NO3S. The fourth-order valence-electron chi connectivity index (χ4n) is 1.67. The first-order valence-electron chi connectivity index (χ1n) is 5.39. The van der Waals surface area contributed by atoms with Crippen molar-refractivity contribution in [3.63, 3.8) is 0 Å². The quantitative estimate of drug-likeness (QED) is 0.820. The Labute approximate surface area is 121 Å². The lowest BCUT2D eigenvalue weighted by atomic mass is 9.79. The van der Waals surface area contributed by atoms with E-state index in [0.717, 1.165) is 0 Å². The molecule has 4 nitrogen and oxygen atoms in total. The van der Waals surface area contributed by atoms with E-state index in [4.69, 9.17) is 16.3 Å². The Morgan fingerprint density at radius 1 is 1.55 bits per heavy atom. The molecule has 20 heavy (non-hydrogen) atoms. The van der Waals surface area contributed by atoms with E-state index >= 15 is 0 Å². The van der Waals surface area contributed by atoms with Gasteiger partial charge in [-0.2, -0.15) is 13.2 Å². The molecule has 0 fully saturated rings. The van der Waals surface area contributed by atoms with Gasteiger partial charge in [0.1, 0.15) is 0 Å².